The topological polar surface area (TPSA) is 57.5 Å². The lowest BCUT2D eigenvalue weighted by Gasteiger charge is -2.45. The number of carboxylic acid groups (broad SMARTS) is 1. The van der Waals surface area contributed by atoms with Crippen LogP contribution in [0.5, 0.6) is 0 Å². The summed E-state index contributed by atoms with van der Waals surface area (Å²) in [5.41, 5.74) is -1.47. The summed E-state index contributed by atoms with van der Waals surface area (Å²) in [4.78, 5) is 11.7. The summed E-state index contributed by atoms with van der Waals surface area (Å²) in [5, 5.41) is 20.5. The number of hydrogen-bond donors (Lipinski definition) is 2. The smallest absolute Gasteiger partial charge is 0.336 e. The molecule has 2 saturated carbocycles. The average molecular weight is 254 g/mol. The monoisotopic (exact) mass is 254 g/mol. The maximum absolute atomic E-state index is 11.7. The minimum atomic E-state index is -1.47. The second-order valence-corrected chi connectivity index (χ2v) is 6.33. The zero-order chi connectivity index (χ0) is 13.2. The van der Waals surface area contributed by atoms with Gasteiger partial charge in [-0.05, 0) is 31.1 Å². The van der Waals surface area contributed by atoms with Crippen molar-refractivity contribution in [3.63, 3.8) is 0 Å². The Hall–Kier alpha value is -0.570. The van der Waals surface area contributed by atoms with Crippen LogP contribution in [-0.4, -0.2) is 21.8 Å². The molecule has 18 heavy (non-hydrogen) atoms. The first kappa shape index (κ1) is 13.9. The maximum atomic E-state index is 11.7. The Balaban J connectivity index is 2.21. The lowest BCUT2D eigenvalue weighted by Crippen LogP contribution is -2.55. The SMILES string of the molecule is CC1CCCCC1C(O)(C(=O)O)C1CCCCC1. The third-order valence-electron chi connectivity index (χ3n) is 5.25. The molecule has 0 radical (unpaired) electrons. The van der Waals surface area contributed by atoms with Crippen LogP contribution in [-0.2, 0) is 4.79 Å². The summed E-state index contributed by atoms with van der Waals surface area (Å²) in [7, 11) is 0. The molecule has 0 heterocycles. The second kappa shape index (κ2) is 5.60. The van der Waals surface area contributed by atoms with E-state index in [1.807, 2.05) is 0 Å². The molecule has 0 aliphatic heterocycles. The molecule has 0 aromatic heterocycles. The quantitative estimate of drug-likeness (QED) is 0.813. The fourth-order valence-corrected chi connectivity index (χ4v) is 4.15. The normalized spacial score (nSPS) is 33.9. The van der Waals surface area contributed by atoms with Gasteiger partial charge in [0, 0.05) is 5.92 Å². The summed E-state index contributed by atoms with van der Waals surface area (Å²) in [6.07, 6.45) is 9.27. The van der Waals surface area contributed by atoms with E-state index in [1.165, 1.54) is 12.8 Å². The number of rotatable bonds is 3. The predicted molar refractivity (Wildman–Crippen MR) is 70.3 cm³/mol. The lowest BCUT2D eigenvalue weighted by atomic mass is 9.63. The zero-order valence-corrected chi connectivity index (χ0v) is 11.4. The van der Waals surface area contributed by atoms with Crippen molar-refractivity contribution in [1.82, 2.24) is 0 Å². The highest BCUT2D eigenvalue weighted by Gasteiger charge is 2.52. The number of carbonyl (C=O) groups is 1. The van der Waals surface area contributed by atoms with E-state index < -0.39 is 11.6 Å². The van der Waals surface area contributed by atoms with Crippen LogP contribution in [0.4, 0.5) is 0 Å². The van der Waals surface area contributed by atoms with Gasteiger partial charge in [-0.2, -0.15) is 0 Å². The Morgan fingerprint density at radius 3 is 2.11 bits per heavy atom. The molecule has 2 fully saturated rings. The van der Waals surface area contributed by atoms with Crippen LogP contribution >= 0.6 is 0 Å². The summed E-state index contributed by atoms with van der Waals surface area (Å²) >= 11 is 0. The van der Waals surface area contributed by atoms with Gasteiger partial charge in [-0.1, -0.05) is 45.4 Å². The molecule has 2 aliphatic carbocycles. The second-order valence-electron chi connectivity index (χ2n) is 6.33. The lowest BCUT2D eigenvalue weighted by molar-refractivity contribution is -0.181. The Kier molecular flexibility index (Phi) is 4.31. The van der Waals surface area contributed by atoms with Gasteiger partial charge in [0.05, 0.1) is 0 Å². The number of aliphatic hydroxyl groups is 1. The highest BCUT2D eigenvalue weighted by Crippen LogP contribution is 2.45. The van der Waals surface area contributed by atoms with E-state index in [1.54, 1.807) is 0 Å². The van der Waals surface area contributed by atoms with Gasteiger partial charge in [0.15, 0.2) is 5.60 Å². The minimum absolute atomic E-state index is 0.0331. The van der Waals surface area contributed by atoms with Crippen molar-refractivity contribution in [2.75, 3.05) is 0 Å². The molecule has 0 amide bonds. The van der Waals surface area contributed by atoms with Gasteiger partial charge in [0.2, 0.25) is 0 Å². The van der Waals surface area contributed by atoms with Crippen LogP contribution < -0.4 is 0 Å². The molecule has 0 aromatic rings. The molecule has 2 N–H and O–H groups in total. The third kappa shape index (κ3) is 2.42. The van der Waals surface area contributed by atoms with E-state index in [0.29, 0.717) is 5.92 Å². The first-order valence-corrected chi connectivity index (χ1v) is 7.52. The van der Waals surface area contributed by atoms with Crippen LogP contribution in [0.2, 0.25) is 0 Å². The fraction of sp³-hybridized carbons (Fsp3) is 0.933. The van der Waals surface area contributed by atoms with Crippen molar-refractivity contribution in [2.45, 2.75) is 70.3 Å². The molecule has 104 valence electrons. The summed E-state index contributed by atoms with van der Waals surface area (Å²) in [6, 6.07) is 0. The van der Waals surface area contributed by atoms with Gasteiger partial charge in [0.25, 0.3) is 0 Å². The van der Waals surface area contributed by atoms with E-state index >= 15 is 0 Å². The third-order valence-corrected chi connectivity index (χ3v) is 5.25. The molecule has 3 heteroatoms. The summed E-state index contributed by atoms with van der Waals surface area (Å²) < 4.78 is 0. The Morgan fingerprint density at radius 2 is 1.56 bits per heavy atom. The molecule has 2 aliphatic rings. The van der Waals surface area contributed by atoms with E-state index in [9.17, 15) is 15.0 Å². The molecule has 3 atom stereocenters. The van der Waals surface area contributed by atoms with Crippen LogP contribution in [0.3, 0.4) is 0 Å². The van der Waals surface area contributed by atoms with E-state index in [4.69, 9.17) is 0 Å². The molecule has 0 saturated heterocycles. The summed E-state index contributed by atoms with van der Waals surface area (Å²) in [5.74, 6) is -0.726. The van der Waals surface area contributed by atoms with Gasteiger partial charge in [-0.15, -0.1) is 0 Å². The van der Waals surface area contributed by atoms with Gasteiger partial charge in [0.1, 0.15) is 0 Å². The summed E-state index contributed by atoms with van der Waals surface area (Å²) in [6.45, 7) is 2.11. The number of hydrogen-bond acceptors (Lipinski definition) is 2. The molecule has 0 aromatic carbocycles. The van der Waals surface area contributed by atoms with Crippen molar-refractivity contribution < 1.29 is 15.0 Å². The molecule has 3 unspecified atom stereocenters. The van der Waals surface area contributed by atoms with E-state index in [-0.39, 0.29) is 11.8 Å². The Morgan fingerprint density at radius 1 is 1.00 bits per heavy atom. The molecular formula is C15H26O3. The highest BCUT2D eigenvalue weighted by atomic mass is 16.4. The number of aliphatic carboxylic acids is 1. The van der Waals surface area contributed by atoms with Crippen LogP contribution in [0.25, 0.3) is 0 Å². The zero-order valence-electron chi connectivity index (χ0n) is 11.4. The standard InChI is InChI=1S/C15H26O3/c1-11-7-5-6-10-13(11)15(18,14(16)17)12-8-3-2-4-9-12/h11-13,18H,2-10H2,1H3,(H,16,17). The van der Waals surface area contributed by atoms with Gasteiger partial charge in [-0.3, -0.25) is 0 Å². The molecule has 3 nitrogen and oxygen atoms in total. The highest BCUT2D eigenvalue weighted by molar-refractivity contribution is 5.78. The van der Waals surface area contributed by atoms with Crippen molar-refractivity contribution in [3.8, 4) is 0 Å². The van der Waals surface area contributed by atoms with Crippen LogP contribution in [0, 0.1) is 17.8 Å². The Bertz CT molecular complexity index is 296. The average Bonchev–Trinajstić information content (AvgIpc) is 2.39. The van der Waals surface area contributed by atoms with E-state index in [0.717, 1.165) is 44.9 Å². The van der Waals surface area contributed by atoms with Crippen molar-refractivity contribution in [3.05, 3.63) is 0 Å². The van der Waals surface area contributed by atoms with Gasteiger partial charge in [-0.25, -0.2) is 4.79 Å². The number of carboxylic acids is 1. The van der Waals surface area contributed by atoms with Crippen molar-refractivity contribution >= 4 is 5.97 Å². The first-order chi connectivity index (χ1) is 8.56. The van der Waals surface area contributed by atoms with Crippen LogP contribution in [0.15, 0.2) is 0 Å². The maximum Gasteiger partial charge on any atom is 0.336 e. The van der Waals surface area contributed by atoms with Gasteiger partial charge < -0.3 is 10.2 Å². The minimum Gasteiger partial charge on any atom is -0.479 e. The van der Waals surface area contributed by atoms with E-state index in [2.05, 4.69) is 6.92 Å². The Labute approximate surface area is 110 Å². The van der Waals surface area contributed by atoms with Crippen molar-refractivity contribution in [2.24, 2.45) is 17.8 Å². The fourth-order valence-electron chi connectivity index (χ4n) is 4.15. The first-order valence-electron chi connectivity index (χ1n) is 7.52. The molecule has 2 rings (SSSR count). The predicted octanol–water partition coefficient (Wildman–Crippen LogP) is 3.21. The van der Waals surface area contributed by atoms with Crippen molar-refractivity contribution in [1.29, 1.82) is 0 Å². The largest absolute Gasteiger partial charge is 0.479 e. The molecule has 0 bridgehead atoms. The molecule has 0 spiro atoms. The van der Waals surface area contributed by atoms with Crippen LogP contribution in [0.1, 0.15) is 64.7 Å². The van der Waals surface area contributed by atoms with Gasteiger partial charge >= 0.3 is 5.97 Å². The molecular weight excluding hydrogens is 228 g/mol.